The fourth-order valence-electron chi connectivity index (χ4n) is 1.62. The standard InChI is InChI=1S/C13H13N3O4S/c1-20-8-4-2-7(3-5-8)6-15-12(17)10-9(14)11(13(18)19)21-16-10/h2-5H,6,14H2,1H3,(H,15,17)(H,18,19). The highest BCUT2D eigenvalue weighted by Gasteiger charge is 2.21. The lowest BCUT2D eigenvalue weighted by molar-refractivity contribution is 0.0703. The molecule has 0 bridgehead atoms. The lowest BCUT2D eigenvalue weighted by Gasteiger charge is -2.05. The van der Waals surface area contributed by atoms with E-state index < -0.39 is 11.9 Å². The first-order valence-corrected chi connectivity index (χ1v) is 6.70. The quantitative estimate of drug-likeness (QED) is 0.768. The number of carboxylic acids is 1. The van der Waals surface area contributed by atoms with Crippen molar-refractivity contribution < 1.29 is 19.4 Å². The van der Waals surface area contributed by atoms with Crippen LogP contribution in [0.5, 0.6) is 5.75 Å². The second kappa shape index (κ2) is 6.23. The largest absolute Gasteiger partial charge is 0.497 e. The van der Waals surface area contributed by atoms with E-state index >= 15 is 0 Å². The molecule has 0 spiro atoms. The molecular weight excluding hydrogens is 294 g/mol. The average Bonchev–Trinajstić information content (AvgIpc) is 2.87. The minimum atomic E-state index is -1.20. The molecule has 0 aliphatic carbocycles. The molecule has 0 radical (unpaired) electrons. The fourth-order valence-corrected chi connectivity index (χ4v) is 2.26. The summed E-state index contributed by atoms with van der Waals surface area (Å²) in [5.41, 5.74) is 6.30. The van der Waals surface area contributed by atoms with Crippen molar-refractivity contribution in [2.75, 3.05) is 12.8 Å². The van der Waals surface area contributed by atoms with Gasteiger partial charge in [0.25, 0.3) is 5.91 Å². The number of aromatic carboxylic acids is 1. The summed E-state index contributed by atoms with van der Waals surface area (Å²) in [6.45, 7) is 0.280. The van der Waals surface area contributed by atoms with Gasteiger partial charge in [0.05, 0.1) is 12.8 Å². The van der Waals surface area contributed by atoms with E-state index in [0.717, 1.165) is 11.3 Å². The van der Waals surface area contributed by atoms with Gasteiger partial charge < -0.3 is 20.9 Å². The van der Waals surface area contributed by atoms with E-state index in [2.05, 4.69) is 9.69 Å². The molecule has 110 valence electrons. The molecule has 8 heteroatoms. The van der Waals surface area contributed by atoms with E-state index in [1.54, 1.807) is 19.2 Å². The van der Waals surface area contributed by atoms with E-state index in [0.29, 0.717) is 11.5 Å². The number of carbonyl (C=O) groups is 2. The third-order valence-electron chi connectivity index (χ3n) is 2.75. The monoisotopic (exact) mass is 307 g/mol. The summed E-state index contributed by atoms with van der Waals surface area (Å²) >= 11 is 0.687. The number of carboxylic acid groups (broad SMARTS) is 1. The Labute approximate surface area is 124 Å². The number of nitrogen functional groups attached to an aromatic ring is 1. The van der Waals surface area contributed by atoms with E-state index in [1.807, 2.05) is 12.1 Å². The Balaban J connectivity index is 2.03. The summed E-state index contributed by atoms with van der Waals surface area (Å²) in [6, 6.07) is 7.18. The topological polar surface area (TPSA) is 115 Å². The lowest BCUT2D eigenvalue weighted by Crippen LogP contribution is -2.24. The highest BCUT2D eigenvalue weighted by molar-refractivity contribution is 7.08. The predicted octanol–water partition coefficient (Wildman–Crippen LogP) is 1.36. The Morgan fingerprint density at radius 1 is 1.38 bits per heavy atom. The van der Waals surface area contributed by atoms with Crippen molar-refractivity contribution in [2.24, 2.45) is 0 Å². The van der Waals surface area contributed by atoms with Crippen LogP contribution < -0.4 is 15.8 Å². The van der Waals surface area contributed by atoms with E-state index in [4.69, 9.17) is 15.6 Å². The number of hydrogen-bond donors (Lipinski definition) is 3. The van der Waals surface area contributed by atoms with Gasteiger partial charge in [-0.2, -0.15) is 4.37 Å². The van der Waals surface area contributed by atoms with Crippen LogP contribution in [0.25, 0.3) is 0 Å². The summed E-state index contributed by atoms with van der Waals surface area (Å²) in [5.74, 6) is -0.980. The Kier molecular flexibility index (Phi) is 4.39. The summed E-state index contributed by atoms with van der Waals surface area (Å²) < 4.78 is 8.82. The number of methoxy groups -OCH3 is 1. The predicted molar refractivity (Wildman–Crippen MR) is 77.6 cm³/mol. The number of ether oxygens (including phenoxy) is 1. The maximum atomic E-state index is 11.9. The van der Waals surface area contributed by atoms with Gasteiger partial charge in [0, 0.05) is 6.54 Å². The van der Waals surface area contributed by atoms with Crippen LogP contribution in [-0.4, -0.2) is 28.5 Å². The summed E-state index contributed by atoms with van der Waals surface area (Å²) in [5, 5.41) is 11.5. The van der Waals surface area contributed by atoms with Gasteiger partial charge in [0.1, 0.15) is 5.75 Å². The summed E-state index contributed by atoms with van der Waals surface area (Å²) in [7, 11) is 1.57. The molecule has 1 aromatic carbocycles. The van der Waals surface area contributed by atoms with Crippen molar-refractivity contribution in [2.45, 2.75) is 6.54 Å². The number of carbonyl (C=O) groups excluding carboxylic acids is 1. The van der Waals surface area contributed by atoms with Gasteiger partial charge in [-0.1, -0.05) is 12.1 Å². The van der Waals surface area contributed by atoms with E-state index in [9.17, 15) is 9.59 Å². The summed E-state index contributed by atoms with van der Waals surface area (Å²) in [4.78, 5) is 22.6. The van der Waals surface area contributed by atoms with Gasteiger partial charge in [0.15, 0.2) is 10.6 Å². The van der Waals surface area contributed by atoms with Crippen molar-refractivity contribution in [1.29, 1.82) is 0 Å². The van der Waals surface area contributed by atoms with Crippen LogP contribution in [0, 0.1) is 0 Å². The van der Waals surface area contributed by atoms with Crippen LogP contribution >= 0.6 is 11.5 Å². The highest BCUT2D eigenvalue weighted by atomic mass is 32.1. The number of anilines is 1. The number of nitrogens with one attached hydrogen (secondary N) is 1. The van der Waals surface area contributed by atoms with Gasteiger partial charge in [0.2, 0.25) is 0 Å². The van der Waals surface area contributed by atoms with Crippen molar-refractivity contribution in [3.8, 4) is 5.75 Å². The Bertz CT molecular complexity index is 667. The molecule has 1 heterocycles. The first kappa shape index (κ1) is 14.8. The zero-order valence-corrected chi connectivity index (χ0v) is 11.9. The number of benzene rings is 1. The van der Waals surface area contributed by atoms with Crippen LogP contribution in [0.3, 0.4) is 0 Å². The molecule has 0 fully saturated rings. The Morgan fingerprint density at radius 3 is 2.57 bits per heavy atom. The maximum absolute atomic E-state index is 11.9. The van der Waals surface area contributed by atoms with E-state index in [1.165, 1.54) is 0 Å². The van der Waals surface area contributed by atoms with Crippen LogP contribution in [0.4, 0.5) is 5.69 Å². The SMILES string of the molecule is COc1ccc(CNC(=O)c2nsc(C(=O)O)c2N)cc1. The molecular formula is C13H13N3O4S. The molecule has 21 heavy (non-hydrogen) atoms. The minimum absolute atomic E-state index is 0.0640. The van der Waals surface area contributed by atoms with Gasteiger partial charge in [-0.05, 0) is 29.2 Å². The van der Waals surface area contributed by atoms with Crippen molar-refractivity contribution in [1.82, 2.24) is 9.69 Å². The van der Waals surface area contributed by atoms with Crippen LogP contribution in [-0.2, 0) is 6.54 Å². The lowest BCUT2D eigenvalue weighted by atomic mass is 10.2. The smallest absolute Gasteiger partial charge is 0.349 e. The molecule has 0 atom stereocenters. The number of aromatic nitrogens is 1. The highest BCUT2D eigenvalue weighted by Crippen LogP contribution is 2.21. The molecule has 2 rings (SSSR count). The number of nitrogens with two attached hydrogens (primary N) is 1. The maximum Gasteiger partial charge on any atom is 0.349 e. The van der Waals surface area contributed by atoms with Crippen LogP contribution in [0.1, 0.15) is 25.7 Å². The average molecular weight is 307 g/mol. The molecule has 0 unspecified atom stereocenters. The van der Waals surface area contributed by atoms with Gasteiger partial charge in [-0.3, -0.25) is 4.79 Å². The zero-order chi connectivity index (χ0) is 15.4. The fraction of sp³-hybridized carbons (Fsp3) is 0.154. The first-order valence-electron chi connectivity index (χ1n) is 5.92. The molecule has 0 saturated carbocycles. The number of rotatable bonds is 5. The molecule has 2 aromatic rings. The number of hydrogen-bond acceptors (Lipinski definition) is 6. The normalized spacial score (nSPS) is 10.1. The van der Waals surface area contributed by atoms with Crippen molar-refractivity contribution >= 4 is 29.1 Å². The van der Waals surface area contributed by atoms with E-state index in [-0.39, 0.29) is 22.8 Å². The first-order chi connectivity index (χ1) is 10.0. The zero-order valence-electron chi connectivity index (χ0n) is 11.1. The Hall–Kier alpha value is -2.61. The molecule has 7 nitrogen and oxygen atoms in total. The third kappa shape index (κ3) is 3.29. The van der Waals surface area contributed by atoms with Gasteiger partial charge in [-0.15, -0.1) is 0 Å². The minimum Gasteiger partial charge on any atom is -0.497 e. The van der Waals surface area contributed by atoms with Crippen LogP contribution in [0.15, 0.2) is 24.3 Å². The molecule has 4 N–H and O–H groups in total. The second-order valence-corrected chi connectivity index (χ2v) is 4.88. The second-order valence-electron chi connectivity index (χ2n) is 4.11. The van der Waals surface area contributed by atoms with Crippen molar-refractivity contribution in [3.63, 3.8) is 0 Å². The molecule has 1 amide bonds. The van der Waals surface area contributed by atoms with Gasteiger partial charge >= 0.3 is 5.97 Å². The summed E-state index contributed by atoms with van der Waals surface area (Å²) in [6.07, 6.45) is 0. The van der Waals surface area contributed by atoms with Crippen molar-refractivity contribution in [3.05, 3.63) is 40.4 Å². The number of nitrogens with zero attached hydrogens (tertiary/aromatic N) is 1. The van der Waals surface area contributed by atoms with Crippen LogP contribution in [0.2, 0.25) is 0 Å². The Morgan fingerprint density at radius 2 is 2.05 bits per heavy atom. The molecule has 0 saturated heterocycles. The molecule has 0 aliphatic heterocycles. The third-order valence-corrected chi connectivity index (χ3v) is 3.60. The molecule has 0 aliphatic rings. The van der Waals surface area contributed by atoms with Gasteiger partial charge in [-0.25, -0.2) is 4.79 Å². The number of amides is 1. The molecule has 1 aromatic heterocycles.